The number of aromatic nitrogens is 2. The van der Waals surface area contributed by atoms with Crippen LogP contribution in [-0.2, 0) is 7.05 Å². The Morgan fingerprint density at radius 1 is 1.04 bits per heavy atom. The van der Waals surface area contributed by atoms with Crippen LogP contribution in [0.5, 0.6) is 0 Å². The number of hydrogen-bond acceptors (Lipinski definition) is 2. The van der Waals surface area contributed by atoms with Crippen LogP contribution in [0.4, 0.5) is 4.39 Å². The van der Waals surface area contributed by atoms with Crippen molar-refractivity contribution >= 4 is 21.8 Å². The molecule has 2 aromatic carbocycles. The van der Waals surface area contributed by atoms with Gasteiger partial charge in [0.1, 0.15) is 5.82 Å². The smallest absolute Gasteiger partial charge is 0.259 e. The zero-order valence-corrected chi connectivity index (χ0v) is 14.3. The SMILES string of the molecule is Cc1ccc(-c2c(C)c3cc(F)ccc3n(C)c2=O)c2ncccc12. The molecule has 0 atom stereocenters. The highest BCUT2D eigenvalue weighted by Crippen LogP contribution is 2.32. The Labute approximate surface area is 144 Å². The van der Waals surface area contributed by atoms with Gasteiger partial charge in [-0.05, 0) is 49.2 Å². The fourth-order valence-corrected chi connectivity index (χ4v) is 3.51. The number of benzene rings is 2. The van der Waals surface area contributed by atoms with Gasteiger partial charge < -0.3 is 4.57 Å². The zero-order chi connectivity index (χ0) is 17.7. The van der Waals surface area contributed by atoms with E-state index < -0.39 is 0 Å². The number of pyridine rings is 2. The van der Waals surface area contributed by atoms with Crippen molar-refractivity contribution < 1.29 is 4.39 Å². The van der Waals surface area contributed by atoms with E-state index in [-0.39, 0.29) is 11.4 Å². The summed E-state index contributed by atoms with van der Waals surface area (Å²) >= 11 is 0. The van der Waals surface area contributed by atoms with Crippen LogP contribution in [0, 0.1) is 19.7 Å². The summed E-state index contributed by atoms with van der Waals surface area (Å²) in [7, 11) is 1.72. The van der Waals surface area contributed by atoms with Crippen molar-refractivity contribution in [2.45, 2.75) is 13.8 Å². The van der Waals surface area contributed by atoms with Gasteiger partial charge in [-0.15, -0.1) is 0 Å². The summed E-state index contributed by atoms with van der Waals surface area (Å²) in [6.07, 6.45) is 1.73. The van der Waals surface area contributed by atoms with E-state index in [4.69, 9.17) is 0 Å². The molecule has 0 aliphatic carbocycles. The molecular formula is C21H17FN2O. The Balaban J connectivity index is 2.20. The molecule has 3 nitrogen and oxygen atoms in total. The Bertz CT molecular complexity index is 1210. The second-order valence-corrected chi connectivity index (χ2v) is 6.36. The molecule has 2 heterocycles. The highest BCUT2D eigenvalue weighted by molar-refractivity contribution is 5.99. The van der Waals surface area contributed by atoms with E-state index in [2.05, 4.69) is 4.98 Å². The van der Waals surface area contributed by atoms with Gasteiger partial charge in [-0.25, -0.2) is 4.39 Å². The molecule has 4 heteroatoms. The molecule has 25 heavy (non-hydrogen) atoms. The van der Waals surface area contributed by atoms with Gasteiger partial charge in [-0.1, -0.05) is 18.2 Å². The second-order valence-electron chi connectivity index (χ2n) is 6.36. The number of rotatable bonds is 1. The quantitative estimate of drug-likeness (QED) is 0.514. The standard InChI is InChI=1S/C21H17FN2O/c1-12-6-8-16(20-15(12)5-4-10-23-20)19-13(2)17-11-14(22)7-9-18(17)24(3)21(19)25/h4-11H,1-3H3. The number of hydrogen-bond donors (Lipinski definition) is 0. The van der Waals surface area contributed by atoms with Crippen LogP contribution < -0.4 is 5.56 Å². The van der Waals surface area contributed by atoms with Gasteiger partial charge in [0.15, 0.2) is 0 Å². The summed E-state index contributed by atoms with van der Waals surface area (Å²) in [5.74, 6) is -0.313. The van der Waals surface area contributed by atoms with Crippen molar-refractivity contribution in [3.8, 4) is 11.1 Å². The van der Waals surface area contributed by atoms with Gasteiger partial charge in [0.2, 0.25) is 0 Å². The van der Waals surface area contributed by atoms with Crippen LogP contribution in [0.25, 0.3) is 32.9 Å². The highest BCUT2D eigenvalue weighted by atomic mass is 19.1. The fraction of sp³-hybridized carbons (Fsp3) is 0.143. The first kappa shape index (κ1) is 15.5. The van der Waals surface area contributed by atoms with Gasteiger partial charge in [0, 0.05) is 29.6 Å². The molecule has 0 unspecified atom stereocenters. The summed E-state index contributed by atoms with van der Waals surface area (Å²) in [6.45, 7) is 3.89. The Morgan fingerprint density at radius 2 is 1.84 bits per heavy atom. The molecule has 4 aromatic rings. The van der Waals surface area contributed by atoms with Gasteiger partial charge >= 0.3 is 0 Å². The number of nitrogens with zero attached hydrogens (tertiary/aromatic N) is 2. The van der Waals surface area contributed by atoms with Crippen LogP contribution in [0.3, 0.4) is 0 Å². The maximum absolute atomic E-state index is 13.8. The lowest BCUT2D eigenvalue weighted by atomic mass is 9.94. The lowest BCUT2D eigenvalue weighted by Gasteiger charge is -2.15. The fourth-order valence-electron chi connectivity index (χ4n) is 3.51. The third-order valence-corrected chi connectivity index (χ3v) is 4.87. The van der Waals surface area contributed by atoms with E-state index in [1.807, 2.05) is 38.1 Å². The van der Waals surface area contributed by atoms with E-state index in [0.717, 1.165) is 38.5 Å². The predicted molar refractivity (Wildman–Crippen MR) is 99.4 cm³/mol. The summed E-state index contributed by atoms with van der Waals surface area (Å²) in [5, 5.41) is 1.75. The minimum absolute atomic E-state index is 0.104. The molecule has 124 valence electrons. The lowest BCUT2D eigenvalue weighted by molar-refractivity contribution is 0.629. The Morgan fingerprint density at radius 3 is 2.64 bits per heavy atom. The summed E-state index contributed by atoms with van der Waals surface area (Å²) < 4.78 is 15.4. The van der Waals surface area contributed by atoms with E-state index in [1.54, 1.807) is 23.9 Å². The third-order valence-electron chi connectivity index (χ3n) is 4.87. The molecule has 0 amide bonds. The van der Waals surface area contributed by atoms with Gasteiger partial charge in [-0.3, -0.25) is 9.78 Å². The first-order valence-electron chi connectivity index (χ1n) is 8.12. The third kappa shape index (κ3) is 2.25. The van der Waals surface area contributed by atoms with Gasteiger partial charge in [0.05, 0.1) is 16.6 Å². The number of fused-ring (bicyclic) bond motifs is 2. The molecule has 2 aromatic heterocycles. The predicted octanol–water partition coefficient (Wildman–Crippen LogP) is 4.51. The molecular weight excluding hydrogens is 315 g/mol. The molecule has 0 fully saturated rings. The highest BCUT2D eigenvalue weighted by Gasteiger charge is 2.17. The maximum atomic E-state index is 13.8. The van der Waals surface area contributed by atoms with E-state index >= 15 is 0 Å². The van der Waals surface area contributed by atoms with Crippen LogP contribution >= 0.6 is 0 Å². The minimum Gasteiger partial charge on any atom is -0.311 e. The van der Waals surface area contributed by atoms with Crippen molar-refractivity contribution in [3.05, 3.63) is 76.0 Å². The van der Waals surface area contributed by atoms with Gasteiger partial charge in [0.25, 0.3) is 5.56 Å². The van der Waals surface area contributed by atoms with Crippen molar-refractivity contribution in [3.63, 3.8) is 0 Å². The lowest BCUT2D eigenvalue weighted by Crippen LogP contribution is -2.21. The van der Waals surface area contributed by atoms with Gasteiger partial charge in [-0.2, -0.15) is 0 Å². The van der Waals surface area contributed by atoms with Crippen LogP contribution in [0.2, 0.25) is 0 Å². The minimum atomic E-state index is -0.313. The monoisotopic (exact) mass is 332 g/mol. The molecule has 4 rings (SSSR count). The molecule has 0 saturated heterocycles. The Hall–Kier alpha value is -3.01. The molecule has 0 saturated carbocycles. The average molecular weight is 332 g/mol. The van der Waals surface area contributed by atoms with Crippen LogP contribution in [0.1, 0.15) is 11.1 Å². The first-order chi connectivity index (χ1) is 12.0. The second kappa shape index (κ2) is 5.52. The van der Waals surface area contributed by atoms with Crippen LogP contribution in [-0.4, -0.2) is 9.55 Å². The maximum Gasteiger partial charge on any atom is 0.259 e. The summed E-state index contributed by atoms with van der Waals surface area (Å²) in [5.41, 5.74) is 4.64. The molecule has 0 radical (unpaired) electrons. The van der Waals surface area contributed by atoms with Crippen molar-refractivity contribution in [1.29, 1.82) is 0 Å². The molecule has 0 N–H and O–H groups in total. The topological polar surface area (TPSA) is 34.9 Å². The van der Waals surface area contributed by atoms with Crippen LogP contribution in [0.15, 0.2) is 53.5 Å². The first-order valence-corrected chi connectivity index (χ1v) is 8.12. The molecule has 0 bridgehead atoms. The Kier molecular flexibility index (Phi) is 3.42. The molecule has 0 aliphatic rings. The normalized spacial score (nSPS) is 11.4. The number of halogens is 1. The van der Waals surface area contributed by atoms with Crippen molar-refractivity contribution in [2.24, 2.45) is 7.05 Å². The summed E-state index contributed by atoms with van der Waals surface area (Å²) in [6, 6.07) is 12.3. The summed E-state index contributed by atoms with van der Waals surface area (Å²) in [4.78, 5) is 17.6. The van der Waals surface area contributed by atoms with E-state index in [9.17, 15) is 9.18 Å². The van der Waals surface area contributed by atoms with Crippen molar-refractivity contribution in [2.75, 3.05) is 0 Å². The van der Waals surface area contributed by atoms with E-state index in [1.165, 1.54) is 12.1 Å². The molecule has 0 aliphatic heterocycles. The largest absolute Gasteiger partial charge is 0.311 e. The molecule has 0 spiro atoms. The van der Waals surface area contributed by atoms with E-state index in [0.29, 0.717) is 5.56 Å². The zero-order valence-electron chi connectivity index (χ0n) is 14.3. The van der Waals surface area contributed by atoms with Crippen molar-refractivity contribution in [1.82, 2.24) is 9.55 Å². The number of aryl methyl sites for hydroxylation is 3. The average Bonchev–Trinajstić information content (AvgIpc) is 2.62.